The lowest BCUT2D eigenvalue weighted by molar-refractivity contribution is 0.633. The third-order valence-corrected chi connectivity index (χ3v) is 14.9. The second-order valence-electron chi connectivity index (χ2n) is 17.9. The number of nitrogens with zero attached hydrogens (tertiary/aromatic N) is 1. The predicted molar refractivity (Wildman–Crippen MR) is 270 cm³/mol. The summed E-state index contributed by atoms with van der Waals surface area (Å²) in [7, 11) is 0. The zero-order valence-electron chi connectivity index (χ0n) is 35.6. The molecule has 0 radical (unpaired) electrons. The molecule has 3 aliphatic carbocycles. The summed E-state index contributed by atoms with van der Waals surface area (Å²) in [6.07, 6.45) is 0. The van der Waals surface area contributed by atoms with Gasteiger partial charge in [-0.15, -0.1) is 0 Å². The molecule has 11 aromatic rings. The minimum Gasteiger partial charge on any atom is -0.310 e. The Labute approximate surface area is 379 Å². The van der Waals surface area contributed by atoms with Crippen LogP contribution in [0.2, 0.25) is 0 Å². The summed E-state index contributed by atoms with van der Waals surface area (Å²) in [5, 5.41) is 5.00. The summed E-state index contributed by atoms with van der Waals surface area (Å²) in [6, 6.07) is 93.3. The van der Waals surface area contributed by atoms with Crippen molar-refractivity contribution in [1.82, 2.24) is 0 Å². The van der Waals surface area contributed by atoms with Gasteiger partial charge in [0, 0.05) is 17.1 Å². The van der Waals surface area contributed by atoms with E-state index in [1.54, 1.807) is 0 Å². The number of rotatable bonds is 4. The third-order valence-electron chi connectivity index (χ3n) is 14.9. The van der Waals surface area contributed by atoms with Crippen LogP contribution in [-0.4, -0.2) is 0 Å². The van der Waals surface area contributed by atoms with E-state index in [1.807, 2.05) is 0 Å². The quantitative estimate of drug-likeness (QED) is 0.160. The molecule has 1 nitrogen and oxygen atoms in total. The molecule has 11 aromatic carbocycles. The van der Waals surface area contributed by atoms with Gasteiger partial charge in [0.05, 0.1) is 10.8 Å². The molecule has 0 heterocycles. The van der Waals surface area contributed by atoms with E-state index in [-0.39, 0.29) is 0 Å². The van der Waals surface area contributed by atoms with Crippen LogP contribution in [0, 0.1) is 0 Å². The molecule has 0 amide bonds. The topological polar surface area (TPSA) is 3.24 Å². The van der Waals surface area contributed by atoms with Crippen molar-refractivity contribution < 1.29 is 0 Å². The molecular formula is C64H41N. The van der Waals surface area contributed by atoms with E-state index < -0.39 is 10.8 Å². The van der Waals surface area contributed by atoms with Gasteiger partial charge in [-0.25, -0.2) is 0 Å². The average molecular weight is 824 g/mol. The molecule has 3 aliphatic rings. The first-order chi connectivity index (χ1) is 32.2. The number of hydrogen-bond donors (Lipinski definition) is 0. The lowest BCUT2D eigenvalue weighted by atomic mass is 9.52. The molecule has 0 atom stereocenters. The van der Waals surface area contributed by atoms with Gasteiger partial charge in [-0.3, -0.25) is 0 Å². The van der Waals surface area contributed by atoms with Crippen LogP contribution in [0.3, 0.4) is 0 Å². The summed E-state index contributed by atoms with van der Waals surface area (Å²) in [4.78, 5) is 2.40. The maximum atomic E-state index is 2.47. The van der Waals surface area contributed by atoms with Crippen molar-refractivity contribution in [3.63, 3.8) is 0 Å². The number of anilines is 3. The fraction of sp³-hybridized carbons (Fsp3) is 0.0312. The lowest BCUT2D eigenvalue weighted by Crippen LogP contribution is -2.43. The Morgan fingerprint density at radius 1 is 0.231 bits per heavy atom. The maximum Gasteiger partial charge on any atom is 0.0720 e. The van der Waals surface area contributed by atoms with Gasteiger partial charge >= 0.3 is 0 Å². The fourth-order valence-corrected chi connectivity index (χ4v) is 12.4. The minimum absolute atomic E-state index is 0.452. The predicted octanol–water partition coefficient (Wildman–Crippen LogP) is 16.2. The molecule has 0 saturated heterocycles. The molecule has 0 fully saturated rings. The van der Waals surface area contributed by atoms with Crippen molar-refractivity contribution in [2.45, 2.75) is 10.8 Å². The number of fused-ring (bicyclic) bond motifs is 19. The highest BCUT2D eigenvalue weighted by molar-refractivity contribution is 6.09. The molecule has 302 valence electrons. The maximum absolute atomic E-state index is 2.47. The van der Waals surface area contributed by atoms with Crippen LogP contribution in [0.15, 0.2) is 249 Å². The molecule has 0 saturated carbocycles. The van der Waals surface area contributed by atoms with E-state index >= 15 is 0 Å². The van der Waals surface area contributed by atoms with Crippen molar-refractivity contribution in [3.05, 3.63) is 293 Å². The van der Waals surface area contributed by atoms with E-state index in [4.69, 9.17) is 0 Å². The number of para-hydroxylation sites is 1. The summed E-state index contributed by atoms with van der Waals surface area (Å²) >= 11 is 0. The molecule has 0 aliphatic heterocycles. The normalized spacial score (nSPS) is 14.1. The van der Waals surface area contributed by atoms with Gasteiger partial charge in [-0.05, 0) is 142 Å². The first-order valence-electron chi connectivity index (χ1n) is 22.8. The van der Waals surface area contributed by atoms with Crippen LogP contribution in [0.1, 0.15) is 44.5 Å². The molecule has 14 rings (SSSR count). The molecule has 1 heteroatoms. The molecule has 0 aromatic heterocycles. The molecule has 0 bridgehead atoms. The number of benzene rings is 11. The smallest absolute Gasteiger partial charge is 0.0720 e. The Morgan fingerprint density at radius 3 is 1.28 bits per heavy atom. The van der Waals surface area contributed by atoms with E-state index in [0.717, 1.165) is 17.1 Å². The van der Waals surface area contributed by atoms with Crippen molar-refractivity contribution >= 4 is 38.6 Å². The Hall–Kier alpha value is -8.26. The van der Waals surface area contributed by atoms with Gasteiger partial charge in [0.1, 0.15) is 0 Å². The van der Waals surface area contributed by atoms with E-state index in [1.165, 1.54) is 99.4 Å². The monoisotopic (exact) mass is 823 g/mol. The van der Waals surface area contributed by atoms with Crippen molar-refractivity contribution in [2.75, 3.05) is 4.90 Å². The molecule has 0 N–H and O–H groups in total. The summed E-state index contributed by atoms with van der Waals surface area (Å²) < 4.78 is 0. The zero-order valence-corrected chi connectivity index (χ0v) is 35.6. The molecule has 65 heavy (non-hydrogen) atoms. The SMILES string of the molecule is c1ccc(N(c2cccc(-c3ccc4c(c3)-c3ccccc3C43c4ccccc4C4(c5ccccc5-c5ccccc54)c4ccccc43)c2)c2ccc3ccc4ccccc4c3c2)cc1. The van der Waals surface area contributed by atoms with Crippen LogP contribution in [0.25, 0.3) is 54.9 Å². The van der Waals surface area contributed by atoms with Gasteiger partial charge in [0.15, 0.2) is 0 Å². The fourth-order valence-electron chi connectivity index (χ4n) is 12.4. The van der Waals surface area contributed by atoms with E-state index in [0.29, 0.717) is 0 Å². The van der Waals surface area contributed by atoms with Crippen LogP contribution in [0.4, 0.5) is 17.1 Å². The number of hydrogen-bond acceptors (Lipinski definition) is 1. The third kappa shape index (κ3) is 4.82. The second kappa shape index (κ2) is 13.6. The second-order valence-corrected chi connectivity index (χ2v) is 17.9. The van der Waals surface area contributed by atoms with Crippen LogP contribution >= 0.6 is 0 Å². The standard InChI is InChI=1S/C64H41N/c1-2-19-46(20-3-1)65(48-37-35-43-34-33-42-17-4-5-22-49(42)53(43)41-48)47-21-16-18-44(39-47)45-36-38-58-54(40-45)52-25-8-11-28-57(52)64(58)61-31-14-12-29-59(61)63(60-30-13-15-32-62(60)64)55-26-9-6-23-50(55)51-24-7-10-27-56(51)63/h1-41H. The largest absolute Gasteiger partial charge is 0.310 e. The zero-order chi connectivity index (χ0) is 42.7. The summed E-state index contributed by atoms with van der Waals surface area (Å²) in [5.41, 5.74) is 20.8. The van der Waals surface area contributed by atoms with Gasteiger partial charge < -0.3 is 4.90 Å². The Balaban J connectivity index is 0.965. The Bertz CT molecular complexity index is 3650. The van der Waals surface area contributed by atoms with Crippen LogP contribution < -0.4 is 4.90 Å². The van der Waals surface area contributed by atoms with Gasteiger partial charge in [-0.1, -0.05) is 206 Å². The average Bonchev–Trinajstić information content (AvgIpc) is 3.84. The van der Waals surface area contributed by atoms with Crippen molar-refractivity contribution in [3.8, 4) is 33.4 Å². The van der Waals surface area contributed by atoms with Crippen LogP contribution in [0.5, 0.6) is 0 Å². The van der Waals surface area contributed by atoms with Gasteiger partial charge in [0.25, 0.3) is 0 Å². The summed E-state index contributed by atoms with van der Waals surface area (Å²) in [5.74, 6) is 0. The lowest BCUT2D eigenvalue weighted by Gasteiger charge is -2.48. The van der Waals surface area contributed by atoms with Gasteiger partial charge in [0.2, 0.25) is 0 Å². The van der Waals surface area contributed by atoms with Gasteiger partial charge in [-0.2, -0.15) is 0 Å². The highest BCUT2D eigenvalue weighted by atomic mass is 15.1. The minimum atomic E-state index is -0.512. The van der Waals surface area contributed by atoms with Crippen molar-refractivity contribution in [1.29, 1.82) is 0 Å². The van der Waals surface area contributed by atoms with E-state index in [9.17, 15) is 0 Å². The first kappa shape index (κ1) is 36.2. The molecule has 2 spiro atoms. The van der Waals surface area contributed by atoms with Crippen LogP contribution in [-0.2, 0) is 10.8 Å². The first-order valence-corrected chi connectivity index (χ1v) is 22.8. The molecular weight excluding hydrogens is 783 g/mol. The Morgan fingerprint density at radius 2 is 0.662 bits per heavy atom. The Kier molecular flexibility index (Phi) is 7.59. The van der Waals surface area contributed by atoms with Crippen molar-refractivity contribution in [2.24, 2.45) is 0 Å². The molecule has 0 unspecified atom stereocenters. The highest BCUT2D eigenvalue weighted by Gasteiger charge is 2.58. The highest BCUT2D eigenvalue weighted by Crippen LogP contribution is 2.67. The van der Waals surface area contributed by atoms with E-state index in [2.05, 4.69) is 254 Å². The summed E-state index contributed by atoms with van der Waals surface area (Å²) in [6.45, 7) is 0.